The zero-order chi connectivity index (χ0) is 13.4. The molecule has 2 aliphatic heterocycles. The maximum absolute atomic E-state index is 11.8. The van der Waals surface area contributed by atoms with E-state index in [2.05, 4.69) is 29.6 Å². The summed E-state index contributed by atoms with van der Waals surface area (Å²) in [6.45, 7) is 0.752. The molecule has 2 atom stereocenters. The number of imide groups is 1. The van der Waals surface area contributed by atoms with Crippen LogP contribution in [-0.2, 0) is 9.59 Å². The first-order valence-corrected chi connectivity index (χ1v) is 7.41. The van der Waals surface area contributed by atoms with E-state index in [1.807, 2.05) is 11.8 Å². The highest BCUT2D eigenvalue weighted by Crippen LogP contribution is 2.38. The molecule has 1 fully saturated rings. The fourth-order valence-corrected chi connectivity index (χ4v) is 3.85. The molecule has 1 aromatic carbocycles. The number of carbonyl (C=O) groups is 2. The second-order valence-electron chi connectivity index (χ2n) is 5.00. The van der Waals surface area contributed by atoms with Crippen LogP contribution in [0.3, 0.4) is 0 Å². The Kier molecular flexibility index (Phi) is 3.33. The summed E-state index contributed by atoms with van der Waals surface area (Å²) in [4.78, 5) is 25.8. The minimum absolute atomic E-state index is 0.0938. The summed E-state index contributed by atoms with van der Waals surface area (Å²) in [5, 5.41) is 3.25. The van der Waals surface area contributed by atoms with Gasteiger partial charge < -0.3 is 5.32 Å². The average molecular weight is 276 g/mol. The monoisotopic (exact) mass is 276 g/mol. The van der Waals surface area contributed by atoms with Crippen molar-refractivity contribution in [3.63, 3.8) is 0 Å². The van der Waals surface area contributed by atoms with Crippen LogP contribution in [0.1, 0.15) is 17.9 Å². The number of likely N-dealkylation sites (tertiary alicyclic amines) is 1. The van der Waals surface area contributed by atoms with Gasteiger partial charge in [0.2, 0.25) is 11.8 Å². The average Bonchev–Trinajstić information content (AvgIpc) is 2.94. The molecule has 1 aromatic rings. The number of thioether (sulfide) groups is 1. The second kappa shape index (κ2) is 4.98. The third kappa shape index (κ3) is 2.28. The number of benzene rings is 1. The van der Waals surface area contributed by atoms with Crippen molar-refractivity contribution in [1.29, 1.82) is 0 Å². The Morgan fingerprint density at radius 1 is 1.37 bits per heavy atom. The normalized spacial score (nSPS) is 26.1. The van der Waals surface area contributed by atoms with Gasteiger partial charge in [-0.2, -0.15) is 0 Å². The van der Waals surface area contributed by atoms with Crippen LogP contribution in [0.5, 0.6) is 0 Å². The van der Waals surface area contributed by atoms with E-state index in [4.69, 9.17) is 0 Å². The SMILES string of the molecule is CN1C(=O)CC(NCC2CSc3ccccc32)C1=O. The lowest BCUT2D eigenvalue weighted by Crippen LogP contribution is -2.39. The van der Waals surface area contributed by atoms with Crippen LogP contribution in [0.25, 0.3) is 0 Å². The third-order valence-corrected chi connectivity index (χ3v) is 5.04. The molecule has 1 saturated heterocycles. The molecule has 3 rings (SSSR count). The molecule has 0 radical (unpaired) electrons. The van der Waals surface area contributed by atoms with Crippen molar-refractivity contribution >= 4 is 23.6 Å². The van der Waals surface area contributed by atoms with Gasteiger partial charge in [0, 0.05) is 30.2 Å². The Labute approximate surface area is 116 Å². The Bertz CT molecular complexity index is 532. The van der Waals surface area contributed by atoms with Gasteiger partial charge in [0.25, 0.3) is 0 Å². The van der Waals surface area contributed by atoms with Crippen molar-refractivity contribution in [2.24, 2.45) is 0 Å². The molecule has 0 spiro atoms. The maximum Gasteiger partial charge on any atom is 0.246 e. The number of carbonyl (C=O) groups excluding carboxylic acids is 2. The van der Waals surface area contributed by atoms with E-state index in [-0.39, 0.29) is 24.3 Å². The van der Waals surface area contributed by atoms with Gasteiger partial charge >= 0.3 is 0 Å². The first-order valence-electron chi connectivity index (χ1n) is 6.42. The molecule has 5 heteroatoms. The highest BCUT2D eigenvalue weighted by atomic mass is 32.2. The van der Waals surface area contributed by atoms with Crippen LogP contribution in [0.2, 0.25) is 0 Å². The quantitative estimate of drug-likeness (QED) is 0.844. The number of amides is 2. The summed E-state index contributed by atoms with van der Waals surface area (Å²) >= 11 is 1.86. The number of likely N-dealkylation sites (N-methyl/N-ethyl adjacent to an activating group) is 1. The molecule has 2 amide bonds. The molecule has 0 saturated carbocycles. The molecule has 2 heterocycles. The third-order valence-electron chi connectivity index (χ3n) is 3.79. The van der Waals surface area contributed by atoms with Crippen molar-refractivity contribution in [3.8, 4) is 0 Å². The number of hydrogen-bond donors (Lipinski definition) is 1. The van der Waals surface area contributed by atoms with E-state index in [1.54, 1.807) is 7.05 Å². The van der Waals surface area contributed by atoms with Gasteiger partial charge in [0.1, 0.15) is 0 Å². The minimum atomic E-state index is -0.338. The zero-order valence-electron chi connectivity index (χ0n) is 10.8. The lowest BCUT2D eigenvalue weighted by molar-refractivity contribution is -0.137. The molecule has 0 aromatic heterocycles. The predicted molar refractivity (Wildman–Crippen MR) is 74.1 cm³/mol. The van der Waals surface area contributed by atoms with Gasteiger partial charge in [-0.25, -0.2) is 0 Å². The van der Waals surface area contributed by atoms with Gasteiger partial charge in [0.05, 0.1) is 12.5 Å². The Morgan fingerprint density at radius 2 is 2.16 bits per heavy atom. The Hall–Kier alpha value is -1.33. The van der Waals surface area contributed by atoms with E-state index in [9.17, 15) is 9.59 Å². The number of fused-ring (bicyclic) bond motifs is 1. The molecule has 1 N–H and O–H groups in total. The number of rotatable bonds is 3. The number of nitrogens with one attached hydrogen (secondary N) is 1. The molecule has 100 valence electrons. The smallest absolute Gasteiger partial charge is 0.246 e. The topological polar surface area (TPSA) is 49.4 Å². The second-order valence-corrected chi connectivity index (χ2v) is 6.06. The van der Waals surface area contributed by atoms with Gasteiger partial charge in [-0.1, -0.05) is 18.2 Å². The molecular formula is C14H16N2O2S. The molecule has 2 unspecified atom stereocenters. The van der Waals surface area contributed by atoms with E-state index in [0.29, 0.717) is 5.92 Å². The molecule has 0 aliphatic carbocycles. The fraction of sp³-hybridized carbons (Fsp3) is 0.429. The van der Waals surface area contributed by atoms with Crippen LogP contribution in [0.15, 0.2) is 29.2 Å². The Morgan fingerprint density at radius 3 is 2.89 bits per heavy atom. The molecule has 19 heavy (non-hydrogen) atoms. The predicted octanol–water partition coefficient (Wildman–Crippen LogP) is 1.22. The summed E-state index contributed by atoms with van der Waals surface area (Å²) in [7, 11) is 1.55. The summed E-state index contributed by atoms with van der Waals surface area (Å²) in [5.74, 6) is 1.26. The largest absolute Gasteiger partial charge is 0.305 e. The first-order chi connectivity index (χ1) is 9.16. The summed E-state index contributed by atoms with van der Waals surface area (Å²) in [6, 6.07) is 8.05. The lowest BCUT2D eigenvalue weighted by Gasteiger charge is -2.15. The van der Waals surface area contributed by atoms with E-state index >= 15 is 0 Å². The fourth-order valence-electron chi connectivity index (χ4n) is 2.60. The van der Waals surface area contributed by atoms with Crippen LogP contribution in [-0.4, -0.2) is 42.1 Å². The van der Waals surface area contributed by atoms with Crippen molar-refractivity contribution in [3.05, 3.63) is 29.8 Å². The highest BCUT2D eigenvalue weighted by Gasteiger charge is 2.36. The molecule has 0 bridgehead atoms. The lowest BCUT2D eigenvalue weighted by atomic mass is 10.0. The van der Waals surface area contributed by atoms with Crippen LogP contribution in [0.4, 0.5) is 0 Å². The van der Waals surface area contributed by atoms with Gasteiger partial charge in [0.15, 0.2) is 0 Å². The van der Waals surface area contributed by atoms with Gasteiger partial charge in [-0.05, 0) is 11.6 Å². The highest BCUT2D eigenvalue weighted by molar-refractivity contribution is 7.99. The molecular weight excluding hydrogens is 260 g/mol. The first kappa shape index (κ1) is 12.7. The van der Waals surface area contributed by atoms with Crippen LogP contribution >= 0.6 is 11.8 Å². The summed E-state index contributed by atoms with van der Waals surface area (Å²) in [6.07, 6.45) is 0.289. The molecule has 2 aliphatic rings. The van der Waals surface area contributed by atoms with Crippen molar-refractivity contribution in [2.75, 3.05) is 19.3 Å². The van der Waals surface area contributed by atoms with E-state index < -0.39 is 0 Å². The molecule has 4 nitrogen and oxygen atoms in total. The van der Waals surface area contributed by atoms with Crippen molar-refractivity contribution in [1.82, 2.24) is 10.2 Å². The van der Waals surface area contributed by atoms with Crippen LogP contribution in [0, 0.1) is 0 Å². The van der Waals surface area contributed by atoms with E-state index in [0.717, 1.165) is 12.3 Å². The van der Waals surface area contributed by atoms with Crippen molar-refractivity contribution in [2.45, 2.75) is 23.3 Å². The number of nitrogens with zero attached hydrogens (tertiary/aromatic N) is 1. The van der Waals surface area contributed by atoms with Gasteiger partial charge in [-0.3, -0.25) is 14.5 Å². The zero-order valence-corrected chi connectivity index (χ0v) is 11.6. The summed E-state index contributed by atoms with van der Waals surface area (Å²) in [5.41, 5.74) is 1.35. The number of hydrogen-bond acceptors (Lipinski definition) is 4. The maximum atomic E-state index is 11.8. The van der Waals surface area contributed by atoms with Gasteiger partial charge in [-0.15, -0.1) is 11.8 Å². The standard InChI is InChI=1S/C14H16N2O2S/c1-16-13(17)6-11(14(16)18)15-7-9-8-19-12-5-3-2-4-10(9)12/h2-5,9,11,15H,6-8H2,1H3. The van der Waals surface area contributed by atoms with E-state index in [1.165, 1.54) is 15.4 Å². The van der Waals surface area contributed by atoms with Crippen molar-refractivity contribution < 1.29 is 9.59 Å². The Balaban J connectivity index is 1.63. The minimum Gasteiger partial charge on any atom is -0.305 e. The summed E-state index contributed by atoms with van der Waals surface area (Å²) < 4.78 is 0. The van der Waals surface area contributed by atoms with Crippen LogP contribution < -0.4 is 5.32 Å².